The molecule has 2 rings (SSSR count). The molecule has 0 aliphatic heterocycles. The predicted octanol–water partition coefficient (Wildman–Crippen LogP) is 3.26. The minimum Gasteiger partial charge on any atom is -0.489 e. The molecule has 0 radical (unpaired) electrons. The van der Waals surface area contributed by atoms with Gasteiger partial charge < -0.3 is 9.84 Å². The van der Waals surface area contributed by atoms with E-state index >= 15 is 0 Å². The van der Waals surface area contributed by atoms with Crippen molar-refractivity contribution in [2.45, 2.75) is 13.0 Å². The van der Waals surface area contributed by atoms with Gasteiger partial charge in [0.25, 0.3) is 0 Å². The van der Waals surface area contributed by atoms with Crippen molar-refractivity contribution < 1.29 is 14.6 Å². The zero-order valence-electron chi connectivity index (χ0n) is 10.8. The number of ether oxygens (including phenoxy) is 1. The van der Waals surface area contributed by atoms with Crippen molar-refractivity contribution in [2.24, 2.45) is 0 Å². The predicted molar refractivity (Wildman–Crippen MR) is 81.2 cm³/mol. The topological polar surface area (TPSA) is 46.5 Å². The number of carboxylic acid groups (broad SMARTS) is 1. The molecule has 0 fully saturated rings. The maximum absolute atomic E-state index is 10.7. The summed E-state index contributed by atoms with van der Waals surface area (Å²) in [4.78, 5) is 10.7. The lowest BCUT2D eigenvalue weighted by molar-refractivity contribution is -0.129. The van der Waals surface area contributed by atoms with Crippen molar-refractivity contribution in [1.82, 2.24) is 0 Å². The normalized spacial score (nSPS) is 10.0. The van der Waals surface area contributed by atoms with Gasteiger partial charge in [-0.3, -0.25) is 0 Å². The zero-order chi connectivity index (χ0) is 14.4. The zero-order valence-corrected chi connectivity index (χ0v) is 11.6. The van der Waals surface area contributed by atoms with Gasteiger partial charge in [-0.25, -0.2) is 4.79 Å². The first-order valence-corrected chi connectivity index (χ1v) is 6.58. The Labute approximate surface area is 122 Å². The van der Waals surface area contributed by atoms with E-state index in [0.29, 0.717) is 6.61 Å². The minimum absolute atomic E-state index is 0.0166. The molecule has 0 spiro atoms. The Hall–Kier alpha value is -2.20. The Morgan fingerprint density at radius 1 is 1.00 bits per heavy atom. The highest BCUT2D eigenvalue weighted by Crippen LogP contribution is 2.15. The lowest BCUT2D eigenvalue weighted by Gasteiger charge is -2.07. The number of hydrogen-bond donors (Lipinski definition) is 1. The number of carbonyl (C=O) groups is 1. The van der Waals surface area contributed by atoms with Crippen LogP contribution in [0, 0.1) is 0 Å². The molecule has 0 bridgehead atoms. The molecule has 2 aromatic carbocycles. The summed E-state index contributed by atoms with van der Waals surface area (Å²) in [5, 5.41) is 8.74. The van der Waals surface area contributed by atoms with Gasteiger partial charge in [0.1, 0.15) is 17.2 Å². The van der Waals surface area contributed by atoms with E-state index in [4.69, 9.17) is 22.1 Å². The number of rotatable bonds is 6. The fraction of sp³-hybridized carbons (Fsp3) is 0.125. The fourth-order valence-corrected chi connectivity index (χ4v) is 1.87. The molecule has 0 heterocycles. The average molecular weight is 286 g/mol. The molecule has 0 aliphatic carbocycles. The summed E-state index contributed by atoms with van der Waals surface area (Å²) in [5.74, 6) is -0.289. The van der Waals surface area contributed by atoms with Crippen LogP contribution in [0.3, 0.4) is 0 Å². The number of carboxylic acids is 1. The first-order valence-electron chi connectivity index (χ1n) is 6.17. The maximum Gasteiger partial charge on any atom is 0.342 e. The molecule has 0 aromatic heterocycles. The van der Waals surface area contributed by atoms with Crippen LogP contribution in [0.15, 0.2) is 54.6 Å². The van der Waals surface area contributed by atoms with Crippen molar-refractivity contribution in [3.8, 4) is 5.75 Å². The number of hydrogen-bond acceptors (Lipinski definition) is 3. The molecule has 20 heavy (non-hydrogen) atoms. The first kappa shape index (κ1) is 14.2. The van der Waals surface area contributed by atoms with E-state index in [-0.39, 0.29) is 11.3 Å². The largest absolute Gasteiger partial charge is 0.489 e. The second-order valence-corrected chi connectivity index (χ2v) is 4.82. The van der Waals surface area contributed by atoms with Gasteiger partial charge in [0.05, 0.1) is 0 Å². The molecule has 3 nitrogen and oxygen atoms in total. The summed E-state index contributed by atoms with van der Waals surface area (Å²) in [6, 6.07) is 17.2. The molecule has 2 aromatic rings. The van der Waals surface area contributed by atoms with Crippen LogP contribution in [0.2, 0.25) is 0 Å². The molecule has 102 valence electrons. The van der Waals surface area contributed by atoms with E-state index in [9.17, 15) is 4.79 Å². The van der Waals surface area contributed by atoms with Gasteiger partial charge in [-0.1, -0.05) is 54.7 Å². The summed E-state index contributed by atoms with van der Waals surface area (Å²) in [7, 11) is 0. The van der Waals surface area contributed by atoms with Crippen molar-refractivity contribution in [2.75, 3.05) is 0 Å². The molecule has 0 unspecified atom stereocenters. The summed E-state index contributed by atoms with van der Waals surface area (Å²) >= 11 is 4.78. The summed E-state index contributed by atoms with van der Waals surface area (Å²) < 4.78 is 5.65. The smallest absolute Gasteiger partial charge is 0.342 e. The van der Waals surface area contributed by atoms with E-state index in [2.05, 4.69) is 0 Å². The van der Waals surface area contributed by atoms with Gasteiger partial charge in [0, 0.05) is 6.42 Å². The van der Waals surface area contributed by atoms with Crippen molar-refractivity contribution in [3.05, 3.63) is 65.7 Å². The van der Waals surface area contributed by atoms with Gasteiger partial charge in [0.15, 0.2) is 0 Å². The minimum atomic E-state index is -1.04. The van der Waals surface area contributed by atoms with E-state index in [0.717, 1.165) is 16.9 Å². The SMILES string of the molecule is O=C(O)C(=S)Cc1ccc(OCc2ccccc2)cc1. The quantitative estimate of drug-likeness (QED) is 0.828. The van der Waals surface area contributed by atoms with Crippen molar-refractivity contribution in [3.63, 3.8) is 0 Å². The van der Waals surface area contributed by atoms with Crippen molar-refractivity contribution in [1.29, 1.82) is 0 Å². The number of thiocarbonyl (C=S) groups is 1. The van der Waals surface area contributed by atoms with Crippen LogP contribution in [-0.4, -0.2) is 15.9 Å². The Balaban J connectivity index is 1.91. The Kier molecular flexibility index (Phi) is 4.85. The molecule has 0 amide bonds. The lowest BCUT2D eigenvalue weighted by atomic mass is 10.1. The van der Waals surface area contributed by atoms with Gasteiger partial charge in [-0.05, 0) is 23.3 Å². The third-order valence-corrected chi connectivity index (χ3v) is 3.09. The Morgan fingerprint density at radius 3 is 2.25 bits per heavy atom. The molecule has 0 aliphatic rings. The summed E-state index contributed by atoms with van der Waals surface area (Å²) in [6.45, 7) is 0.508. The monoisotopic (exact) mass is 286 g/mol. The molecular formula is C16H14O3S. The van der Waals surface area contributed by atoms with Crippen LogP contribution in [0.5, 0.6) is 5.75 Å². The molecule has 0 atom stereocenters. The van der Waals surface area contributed by atoms with Crippen LogP contribution < -0.4 is 4.74 Å². The second kappa shape index (κ2) is 6.82. The maximum atomic E-state index is 10.7. The Morgan fingerprint density at radius 2 is 1.65 bits per heavy atom. The number of aliphatic carboxylic acids is 1. The van der Waals surface area contributed by atoms with E-state index < -0.39 is 5.97 Å². The molecule has 0 saturated heterocycles. The van der Waals surface area contributed by atoms with Crippen LogP contribution in [0.4, 0.5) is 0 Å². The van der Waals surface area contributed by atoms with Gasteiger partial charge in [-0.15, -0.1) is 0 Å². The highest BCUT2D eigenvalue weighted by molar-refractivity contribution is 7.82. The van der Waals surface area contributed by atoms with Crippen LogP contribution >= 0.6 is 12.2 Å². The third-order valence-electron chi connectivity index (χ3n) is 2.77. The van der Waals surface area contributed by atoms with Crippen LogP contribution in [0.25, 0.3) is 0 Å². The van der Waals surface area contributed by atoms with Crippen molar-refractivity contribution >= 4 is 23.1 Å². The third kappa shape index (κ3) is 4.17. The van der Waals surface area contributed by atoms with E-state index in [1.165, 1.54) is 0 Å². The lowest BCUT2D eigenvalue weighted by Crippen LogP contribution is -2.12. The standard InChI is InChI=1S/C16H14O3S/c17-16(18)15(20)10-12-6-8-14(9-7-12)19-11-13-4-2-1-3-5-13/h1-9H,10-11H2,(H,17,18). The Bertz CT molecular complexity index is 591. The molecule has 0 saturated carbocycles. The highest BCUT2D eigenvalue weighted by atomic mass is 32.1. The molecular weight excluding hydrogens is 272 g/mol. The van der Waals surface area contributed by atoms with E-state index in [1.54, 1.807) is 0 Å². The van der Waals surface area contributed by atoms with Gasteiger partial charge >= 0.3 is 5.97 Å². The first-order chi connectivity index (χ1) is 9.65. The van der Waals surface area contributed by atoms with Gasteiger partial charge in [-0.2, -0.15) is 0 Å². The second-order valence-electron chi connectivity index (χ2n) is 4.32. The van der Waals surface area contributed by atoms with E-state index in [1.807, 2.05) is 54.6 Å². The number of benzene rings is 2. The molecule has 1 N–H and O–H groups in total. The average Bonchev–Trinajstić information content (AvgIpc) is 2.47. The molecule has 4 heteroatoms. The summed E-state index contributed by atoms with van der Waals surface area (Å²) in [5.41, 5.74) is 1.97. The fourth-order valence-electron chi connectivity index (χ4n) is 1.71. The highest BCUT2D eigenvalue weighted by Gasteiger charge is 2.07. The summed E-state index contributed by atoms with van der Waals surface area (Å²) in [6.07, 6.45) is 0.267. The van der Waals surface area contributed by atoms with Gasteiger partial charge in [0.2, 0.25) is 0 Å². The van der Waals surface area contributed by atoms with Crippen LogP contribution in [-0.2, 0) is 17.8 Å². The van der Waals surface area contributed by atoms with Crippen LogP contribution in [0.1, 0.15) is 11.1 Å².